The van der Waals surface area contributed by atoms with Gasteiger partial charge in [0.1, 0.15) is 0 Å². The molecule has 0 aliphatic rings. The molecule has 12 heavy (non-hydrogen) atoms. The van der Waals surface area contributed by atoms with Crippen molar-refractivity contribution in [1.82, 2.24) is 0 Å². The van der Waals surface area contributed by atoms with Crippen molar-refractivity contribution >= 4 is 17.7 Å². The fraction of sp³-hybridized carbons (Fsp3) is 0. The Labute approximate surface area is 125 Å². The van der Waals surface area contributed by atoms with Crippen LogP contribution in [0.15, 0.2) is 0 Å². The number of hydrogen-bond acceptors (Lipinski definition) is 7. The molecule has 0 aromatic heterocycles. The summed E-state index contributed by atoms with van der Waals surface area (Å²) in [4.78, 5) is 0. The first kappa shape index (κ1) is 29.3. The fourth-order valence-corrected chi connectivity index (χ4v) is 0. The Hall–Kier alpha value is 2.33. The average molecular weight is 267 g/mol. The first-order valence-corrected chi connectivity index (χ1v) is 2.77. The molecule has 0 saturated heterocycles. The van der Waals surface area contributed by atoms with Crippen LogP contribution in [-0.2, 0) is 27.5 Å². The van der Waals surface area contributed by atoms with Crippen LogP contribution < -0.4 is 59.1 Å². The second kappa shape index (κ2) is 15.8. The standard InChI is InChI=1S/BH3O3.Cu.2Na.H2O4S/c2-1(3)4;;;;1-5(2,3)4/h2-4H;;;;(H2,1,2,3,4)/q;;2*+1;/p-2. The van der Waals surface area contributed by atoms with Crippen LogP contribution in [0.1, 0.15) is 0 Å². The van der Waals surface area contributed by atoms with Crippen molar-refractivity contribution in [1.29, 1.82) is 0 Å². The summed E-state index contributed by atoms with van der Waals surface area (Å²) < 4.78 is 34.1. The molecule has 12 heteroatoms. The second-order valence-corrected chi connectivity index (χ2v) is 1.57. The van der Waals surface area contributed by atoms with Crippen LogP contribution in [0, 0.1) is 0 Å². The summed E-state index contributed by atoms with van der Waals surface area (Å²) in [6.07, 6.45) is 0. The van der Waals surface area contributed by atoms with Gasteiger partial charge in [-0.2, -0.15) is 0 Å². The molecular weight excluding hydrogens is 264 g/mol. The van der Waals surface area contributed by atoms with Gasteiger partial charge < -0.3 is 24.2 Å². The first-order valence-electron chi connectivity index (χ1n) is 1.44. The van der Waals surface area contributed by atoms with Gasteiger partial charge in [0, 0.05) is 27.5 Å². The maximum atomic E-state index is 8.52. The van der Waals surface area contributed by atoms with Crippen molar-refractivity contribution in [2.24, 2.45) is 0 Å². The normalized spacial score (nSPS) is 7.08. The molecule has 0 amide bonds. The molecule has 0 spiro atoms. The Balaban J connectivity index is -0.0000000221. The Kier molecular flexibility index (Phi) is 38.5. The van der Waals surface area contributed by atoms with Crippen molar-refractivity contribution in [3.05, 3.63) is 0 Å². The van der Waals surface area contributed by atoms with Gasteiger partial charge in [-0.3, -0.25) is 8.42 Å². The molecule has 0 rings (SSSR count). The van der Waals surface area contributed by atoms with E-state index in [0.29, 0.717) is 0 Å². The van der Waals surface area contributed by atoms with Gasteiger partial charge in [0.25, 0.3) is 0 Å². The van der Waals surface area contributed by atoms with E-state index in [4.69, 9.17) is 32.6 Å². The van der Waals surface area contributed by atoms with Gasteiger partial charge in [0.2, 0.25) is 0 Å². The van der Waals surface area contributed by atoms with Crippen LogP contribution >= 0.6 is 0 Å². The van der Waals surface area contributed by atoms with Crippen LogP contribution in [0.4, 0.5) is 0 Å². The Bertz CT molecular complexity index is 133. The Morgan fingerprint density at radius 1 is 1.00 bits per heavy atom. The second-order valence-electron chi connectivity index (χ2n) is 0.755. The predicted octanol–water partition coefficient (Wildman–Crippen LogP) is -9.38. The van der Waals surface area contributed by atoms with Crippen LogP contribution in [0.2, 0.25) is 0 Å². The summed E-state index contributed by atoms with van der Waals surface area (Å²) in [7, 11) is -7.33. The maximum absolute atomic E-state index is 8.52. The minimum absolute atomic E-state index is 0. The Morgan fingerprint density at radius 3 is 1.00 bits per heavy atom. The molecule has 7 nitrogen and oxygen atoms in total. The molecule has 0 unspecified atom stereocenters. The van der Waals surface area contributed by atoms with Crippen molar-refractivity contribution in [2.75, 3.05) is 0 Å². The third-order valence-corrected chi connectivity index (χ3v) is 0. The summed E-state index contributed by atoms with van der Waals surface area (Å²) in [5.41, 5.74) is 0. The molecule has 0 fully saturated rings. The van der Waals surface area contributed by atoms with Gasteiger partial charge in [-0.15, -0.1) is 0 Å². The smallest absolute Gasteiger partial charge is 0.759 e. The van der Waals surface area contributed by atoms with E-state index in [1.165, 1.54) is 0 Å². The van der Waals surface area contributed by atoms with E-state index in [2.05, 4.69) is 0 Å². The third kappa shape index (κ3) is 291. The molecule has 0 atom stereocenters. The summed E-state index contributed by atoms with van der Waals surface area (Å²) in [5, 5.41) is 21.5. The number of rotatable bonds is 0. The summed E-state index contributed by atoms with van der Waals surface area (Å²) in [6.45, 7) is 0. The molecule has 0 saturated carbocycles. The molecule has 0 aromatic carbocycles. The maximum Gasteiger partial charge on any atom is 1.00 e. The largest absolute Gasteiger partial charge is 1.00 e. The van der Waals surface area contributed by atoms with Gasteiger partial charge in [-0.1, -0.05) is 0 Å². The molecule has 0 bridgehead atoms. The van der Waals surface area contributed by atoms with E-state index in [0.717, 1.165) is 0 Å². The van der Waals surface area contributed by atoms with Crippen molar-refractivity contribution in [3.8, 4) is 0 Å². The van der Waals surface area contributed by atoms with Crippen LogP contribution in [0.25, 0.3) is 0 Å². The molecule has 67 valence electrons. The SMILES string of the molecule is O=S(=O)([O-])[O-].OB(O)O.[Cu].[Na+].[Na+]. The summed E-state index contributed by atoms with van der Waals surface area (Å²) >= 11 is 0. The summed E-state index contributed by atoms with van der Waals surface area (Å²) in [5.74, 6) is 0. The predicted molar refractivity (Wildman–Crippen MR) is 22.9 cm³/mol. The molecule has 0 aliphatic carbocycles. The van der Waals surface area contributed by atoms with Gasteiger partial charge in [0.15, 0.2) is 0 Å². The summed E-state index contributed by atoms with van der Waals surface area (Å²) in [6, 6.07) is 0. The molecule has 1 radical (unpaired) electrons. The zero-order chi connectivity index (χ0) is 8.08. The van der Waals surface area contributed by atoms with E-state index in [-0.39, 0.29) is 76.2 Å². The van der Waals surface area contributed by atoms with E-state index in [9.17, 15) is 0 Å². The van der Waals surface area contributed by atoms with Crippen molar-refractivity contribution < 1.29 is 109 Å². The fourth-order valence-electron chi connectivity index (χ4n) is 0. The van der Waals surface area contributed by atoms with Crippen LogP contribution in [-0.4, -0.2) is 39.9 Å². The zero-order valence-corrected chi connectivity index (χ0v) is 12.0. The van der Waals surface area contributed by atoms with Crippen molar-refractivity contribution in [3.63, 3.8) is 0 Å². The minimum atomic E-state index is -5.17. The van der Waals surface area contributed by atoms with E-state index in [1.54, 1.807) is 0 Å². The molecule has 0 aliphatic heterocycles. The van der Waals surface area contributed by atoms with Gasteiger partial charge in [-0.05, 0) is 0 Å². The van der Waals surface area contributed by atoms with Crippen LogP contribution in [0.3, 0.4) is 0 Å². The molecule has 3 N–H and O–H groups in total. The van der Waals surface area contributed by atoms with Gasteiger partial charge in [0.05, 0.1) is 0 Å². The quantitative estimate of drug-likeness (QED) is 0.225. The van der Waals surface area contributed by atoms with Crippen LogP contribution in [0.5, 0.6) is 0 Å². The minimum Gasteiger partial charge on any atom is -0.759 e. The molecule has 0 aromatic rings. The molecule has 0 heterocycles. The van der Waals surface area contributed by atoms with E-state index in [1.807, 2.05) is 0 Å². The number of hydrogen-bond donors (Lipinski definition) is 3. The molecular formula is H3BCuNa2O7S. The Morgan fingerprint density at radius 2 is 1.00 bits per heavy atom. The van der Waals surface area contributed by atoms with Gasteiger partial charge >= 0.3 is 66.4 Å². The zero-order valence-electron chi connectivity index (χ0n) is 6.26. The van der Waals surface area contributed by atoms with E-state index >= 15 is 0 Å². The monoisotopic (exact) mass is 267 g/mol. The third-order valence-electron chi connectivity index (χ3n) is 0. The first-order chi connectivity index (χ1) is 3.73. The van der Waals surface area contributed by atoms with Crippen molar-refractivity contribution in [2.45, 2.75) is 0 Å². The topological polar surface area (TPSA) is 141 Å². The van der Waals surface area contributed by atoms with Gasteiger partial charge in [-0.25, -0.2) is 0 Å². The average Bonchev–Trinajstić information content (AvgIpc) is 1.19. The van der Waals surface area contributed by atoms with E-state index < -0.39 is 17.7 Å².